The van der Waals surface area contributed by atoms with Crippen LogP contribution in [0.15, 0.2) is 0 Å². The predicted molar refractivity (Wildman–Crippen MR) is 191 cm³/mol. The molecule has 0 heterocycles. The van der Waals surface area contributed by atoms with E-state index in [0.29, 0.717) is 0 Å². The van der Waals surface area contributed by atoms with Crippen molar-refractivity contribution in [2.75, 3.05) is 26.2 Å². The Labute approximate surface area is 310 Å². The van der Waals surface area contributed by atoms with Gasteiger partial charge < -0.3 is 63.1 Å². The molecule has 0 radical (unpaired) electrons. The summed E-state index contributed by atoms with van der Waals surface area (Å²) in [5.74, 6) is -4.48. The molecule has 20 nitrogen and oxygen atoms in total. The van der Waals surface area contributed by atoms with E-state index < -0.39 is 126 Å². The van der Waals surface area contributed by atoms with Crippen LogP contribution in [0.4, 0.5) is 19.2 Å². The van der Waals surface area contributed by atoms with Crippen molar-refractivity contribution in [1.82, 2.24) is 21.3 Å². The Morgan fingerprint density at radius 3 is 0.660 bits per heavy atom. The Kier molecular flexibility index (Phi) is 17.5. The second-order valence-electron chi connectivity index (χ2n) is 16.2. The Hall–Kier alpha value is -4.40. The number of alkyl carbamates (subject to hydrolysis) is 4. The van der Waals surface area contributed by atoms with Gasteiger partial charge in [0.1, 0.15) is 22.4 Å². The molecule has 0 aromatic heterocycles. The molecule has 4 amide bonds. The van der Waals surface area contributed by atoms with Crippen LogP contribution in [0.25, 0.3) is 0 Å². The summed E-state index contributed by atoms with van der Waals surface area (Å²) >= 11 is 0. The fraction of sp³-hybridized carbons (Fsp3) is 0.758. The summed E-state index contributed by atoms with van der Waals surface area (Å²) in [7, 11) is 0. The number of nitrogens with two attached hydrogens (primary N) is 4. The zero-order valence-electron chi connectivity index (χ0n) is 32.8. The van der Waals surface area contributed by atoms with Gasteiger partial charge in [0.15, 0.2) is 23.1 Å². The third-order valence-corrected chi connectivity index (χ3v) is 6.77. The first-order valence-corrected chi connectivity index (χ1v) is 16.7. The average molecular weight is 761 g/mol. The smallest absolute Gasteiger partial charge is 0.408 e. The highest BCUT2D eigenvalue weighted by molar-refractivity contribution is 6.00. The summed E-state index contributed by atoms with van der Waals surface area (Å²) < 4.78 is 20.6. The van der Waals surface area contributed by atoms with Crippen LogP contribution in [0.3, 0.4) is 0 Å². The van der Waals surface area contributed by atoms with Crippen molar-refractivity contribution >= 4 is 47.5 Å². The second kappa shape index (κ2) is 19.1. The van der Waals surface area contributed by atoms with Crippen LogP contribution in [0.2, 0.25) is 0 Å². The van der Waals surface area contributed by atoms with Crippen molar-refractivity contribution in [3.63, 3.8) is 0 Å². The molecular formula is C33H60N8O12. The van der Waals surface area contributed by atoms with Crippen molar-refractivity contribution in [3.05, 3.63) is 0 Å². The number of ketones is 4. The molecule has 20 heteroatoms. The molecule has 304 valence electrons. The Balaban J connectivity index is 7.18. The third-order valence-electron chi connectivity index (χ3n) is 6.77. The molecule has 0 bridgehead atoms. The van der Waals surface area contributed by atoms with E-state index in [1.807, 2.05) is 0 Å². The maximum absolute atomic E-state index is 13.7. The van der Waals surface area contributed by atoms with Gasteiger partial charge in [-0.3, -0.25) is 19.2 Å². The van der Waals surface area contributed by atoms with E-state index in [1.165, 1.54) is 0 Å². The van der Waals surface area contributed by atoms with E-state index in [2.05, 4.69) is 21.3 Å². The van der Waals surface area contributed by atoms with Crippen LogP contribution in [0.1, 0.15) is 83.1 Å². The van der Waals surface area contributed by atoms with E-state index in [-0.39, 0.29) is 0 Å². The quantitative estimate of drug-likeness (QED) is 0.0933. The van der Waals surface area contributed by atoms with E-state index in [4.69, 9.17) is 41.9 Å². The van der Waals surface area contributed by atoms with E-state index in [1.54, 1.807) is 83.1 Å². The number of hydrogen-bond donors (Lipinski definition) is 8. The molecule has 4 unspecified atom stereocenters. The van der Waals surface area contributed by atoms with Crippen molar-refractivity contribution in [2.24, 2.45) is 28.3 Å². The van der Waals surface area contributed by atoms with Gasteiger partial charge in [-0.1, -0.05) is 0 Å². The molecule has 0 aliphatic carbocycles. The van der Waals surface area contributed by atoms with Gasteiger partial charge in [-0.25, -0.2) is 19.2 Å². The summed E-state index contributed by atoms with van der Waals surface area (Å²) in [5.41, 5.74) is 19.2. The molecule has 0 aliphatic heterocycles. The summed E-state index contributed by atoms with van der Waals surface area (Å²) in [6.07, 6.45) is -4.19. The van der Waals surface area contributed by atoms with Crippen LogP contribution in [0, 0.1) is 5.41 Å². The largest absolute Gasteiger partial charge is 0.444 e. The molecular weight excluding hydrogens is 700 g/mol. The number of rotatable bonds is 16. The highest BCUT2D eigenvalue weighted by Crippen LogP contribution is 2.34. The SMILES string of the molecule is CC(C)(C)OC(=O)NCC(=O)C(N)C(C(N)C(=O)CNC(=O)OC(C)(C)C)(C(N)C(=O)CNC(=O)OC(C)(C)C)C(N)C(=O)CNC(=O)OC(C)(C)C. The van der Waals surface area contributed by atoms with Gasteiger partial charge in [-0.05, 0) is 83.1 Å². The van der Waals surface area contributed by atoms with Crippen molar-refractivity contribution in [2.45, 2.75) is 130 Å². The van der Waals surface area contributed by atoms with Gasteiger partial charge >= 0.3 is 24.4 Å². The molecule has 0 rings (SSSR count). The Morgan fingerprint density at radius 1 is 0.377 bits per heavy atom. The highest BCUT2D eigenvalue weighted by Gasteiger charge is 2.59. The lowest BCUT2D eigenvalue weighted by Crippen LogP contribution is -2.77. The summed E-state index contributed by atoms with van der Waals surface area (Å²) in [6, 6.07) is -8.73. The van der Waals surface area contributed by atoms with Crippen LogP contribution in [0.5, 0.6) is 0 Å². The highest BCUT2D eigenvalue weighted by atomic mass is 16.6. The van der Waals surface area contributed by atoms with Gasteiger partial charge in [-0.15, -0.1) is 0 Å². The zero-order valence-corrected chi connectivity index (χ0v) is 32.8. The fourth-order valence-corrected chi connectivity index (χ4v) is 4.61. The molecule has 12 N–H and O–H groups in total. The van der Waals surface area contributed by atoms with E-state index in [0.717, 1.165) is 0 Å². The van der Waals surface area contributed by atoms with Crippen molar-refractivity contribution < 1.29 is 57.3 Å². The summed E-state index contributed by atoms with van der Waals surface area (Å²) in [6.45, 7) is 15.2. The van der Waals surface area contributed by atoms with Crippen molar-refractivity contribution in [3.8, 4) is 0 Å². The number of ether oxygens (including phenoxy) is 4. The minimum Gasteiger partial charge on any atom is -0.444 e. The first-order chi connectivity index (χ1) is 23.7. The zero-order chi connectivity index (χ0) is 41.9. The maximum atomic E-state index is 13.7. The maximum Gasteiger partial charge on any atom is 0.408 e. The lowest BCUT2D eigenvalue weighted by atomic mass is 9.60. The van der Waals surface area contributed by atoms with Gasteiger partial charge in [0.25, 0.3) is 0 Å². The first kappa shape index (κ1) is 48.6. The van der Waals surface area contributed by atoms with Crippen LogP contribution in [-0.2, 0) is 38.1 Å². The van der Waals surface area contributed by atoms with E-state index >= 15 is 0 Å². The molecule has 4 atom stereocenters. The number of carbonyl (C=O) groups excluding carboxylic acids is 8. The Bertz CT molecular complexity index is 1150. The summed E-state index contributed by atoms with van der Waals surface area (Å²) in [4.78, 5) is 105. The topological polar surface area (TPSA) is 326 Å². The molecule has 0 aromatic carbocycles. The molecule has 0 fully saturated rings. The molecule has 0 saturated heterocycles. The fourth-order valence-electron chi connectivity index (χ4n) is 4.61. The van der Waals surface area contributed by atoms with Crippen LogP contribution in [-0.4, -0.2) is 120 Å². The lowest BCUT2D eigenvalue weighted by Gasteiger charge is -2.48. The number of Topliss-reactive ketones (excluding diaryl/α,β-unsaturated/α-hetero) is 4. The number of hydrogen-bond acceptors (Lipinski definition) is 16. The molecule has 0 spiro atoms. The molecule has 0 saturated carbocycles. The van der Waals surface area contributed by atoms with Gasteiger partial charge in [-0.2, -0.15) is 0 Å². The normalized spacial score (nSPS) is 15.5. The minimum atomic E-state index is -2.75. The predicted octanol–water partition coefficient (Wildman–Crippen LogP) is -0.343. The second-order valence-corrected chi connectivity index (χ2v) is 16.2. The summed E-state index contributed by atoms with van der Waals surface area (Å²) in [5, 5.41) is 8.77. The van der Waals surface area contributed by atoms with E-state index in [9.17, 15) is 38.4 Å². The molecule has 53 heavy (non-hydrogen) atoms. The first-order valence-electron chi connectivity index (χ1n) is 16.7. The molecule has 0 aromatic rings. The van der Waals surface area contributed by atoms with Crippen LogP contribution >= 0.6 is 0 Å². The average Bonchev–Trinajstić information content (AvgIpc) is 2.96. The lowest BCUT2D eigenvalue weighted by molar-refractivity contribution is -0.136. The van der Waals surface area contributed by atoms with Crippen molar-refractivity contribution in [1.29, 1.82) is 0 Å². The number of carbonyl (C=O) groups is 8. The number of nitrogens with one attached hydrogen (secondary N) is 4. The molecule has 0 aliphatic rings. The van der Waals surface area contributed by atoms with Gasteiger partial charge in [0, 0.05) is 0 Å². The monoisotopic (exact) mass is 760 g/mol. The Morgan fingerprint density at radius 2 is 0.528 bits per heavy atom. The standard InChI is InChI=1S/C33H60N8O12/c1-29(2,3)50-25(46)38-13-17(42)21(34)33(22(35)18(43)14-39-26(47)51-30(4,5)6,23(36)19(44)15-40-27(48)52-31(7,8)9)24(37)20(45)16-41-28(49)53-32(10,11)12/h21-24H,13-16,34-37H2,1-12H3,(H,38,46)(H,39,47)(H,40,48)(H,41,49). The van der Waals surface area contributed by atoms with Gasteiger partial charge in [0.05, 0.1) is 55.8 Å². The third kappa shape index (κ3) is 17.3. The van der Waals surface area contributed by atoms with Gasteiger partial charge in [0.2, 0.25) is 0 Å². The van der Waals surface area contributed by atoms with Crippen LogP contribution < -0.4 is 44.2 Å². The number of amides is 4. The minimum absolute atomic E-state index is 0.886.